The Labute approximate surface area is 156 Å². The number of aromatic nitrogens is 2. The van der Waals surface area contributed by atoms with E-state index in [9.17, 15) is 0 Å². The average molecular weight is 348 g/mol. The summed E-state index contributed by atoms with van der Waals surface area (Å²) < 4.78 is 5.91. The van der Waals surface area contributed by atoms with E-state index in [2.05, 4.69) is 88.1 Å². The second kappa shape index (κ2) is 7.06. The Hall–Kier alpha value is -2.42. The third-order valence-electron chi connectivity index (χ3n) is 5.57. The molecular formula is C23H28N2O. The quantitative estimate of drug-likeness (QED) is 0.531. The van der Waals surface area contributed by atoms with Gasteiger partial charge in [-0.3, -0.25) is 0 Å². The van der Waals surface area contributed by atoms with Crippen molar-refractivity contribution in [3.05, 3.63) is 59.7 Å². The Morgan fingerprint density at radius 1 is 0.731 bits per heavy atom. The van der Waals surface area contributed by atoms with Crippen LogP contribution in [0.1, 0.15) is 58.6 Å². The molecule has 0 fully saturated rings. The van der Waals surface area contributed by atoms with Gasteiger partial charge in [-0.05, 0) is 52.6 Å². The summed E-state index contributed by atoms with van der Waals surface area (Å²) >= 11 is 0. The number of hydrogen-bond donors (Lipinski definition) is 0. The Bertz CT molecular complexity index is 856. The van der Waals surface area contributed by atoms with E-state index >= 15 is 0 Å². The second-order valence-corrected chi connectivity index (χ2v) is 8.14. The Morgan fingerprint density at radius 2 is 1.19 bits per heavy atom. The first kappa shape index (κ1) is 18.4. The average Bonchev–Trinajstić information content (AvgIpc) is 3.12. The van der Waals surface area contributed by atoms with Gasteiger partial charge >= 0.3 is 0 Å². The normalized spacial score (nSPS) is 12.2. The van der Waals surface area contributed by atoms with E-state index in [0.29, 0.717) is 23.6 Å². The molecule has 1 aromatic heterocycles. The highest BCUT2D eigenvalue weighted by Crippen LogP contribution is 2.33. The minimum atomic E-state index is 0.136. The Balaban J connectivity index is 1.83. The fourth-order valence-electron chi connectivity index (χ4n) is 2.84. The predicted molar refractivity (Wildman–Crippen MR) is 107 cm³/mol. The number of nitrogens with zero attached hydrogens (tertiary/aromatic N) is 2. The van der Waals surface area contributed by atoms with Crippen molar-refractivity contribution in [3.63, 3.8) is 0 Å². The van der Waals surface area contributed by atoms with E-state index < -0.39 is 0 Å². The predicted octanol–water partition coefficient (Wildman–Crippen LogP) is 6.46. The van der Waals surface area contributed by atoms with Crippen molar-refractivity contribution in [1.82, 2.24) is 10.2 Å². The van der Waals surface area contributed by atoms with Gasteiger partial charge in [-0.15, -0.1) is 10.2 Å². The smallest absolute Gasteiger partial charge is 0.248 e. The molecule has 3 rings (SSSR count). The van der Waals surface area contributed by atoms with Crippen molar-refractivity contribution in [2.45, 2.75) is 52.9 Å². The van der Waals surface area contributed by atoms with Gasteiger partial charge in [0.25, 0.3) is 0 Å². The van der Waals surface area contributed by atoms with Crippen LogP contribution >= 0.6 is 0 Å². The van der Waals surface area contributed by atoms with E-state index in [4.69, 9.17) is 4.42 Å². The lowest BCUT2D eigenvalue weighted by atomic mass is 9.75. The lowest BCUT2D eigenvalue weighted by molar-refractivity contribution is 0.372. The molecule has 0 saturated heterocycles. The highest BCUT2D eigenvalue weighted by Gasteiger charge is 2.24. The van der Waals surface area contributed by atoms with Crippen LogP contribution in [0.15, 0.2) is 52.9 Å². The molecule has 0 saturated carbocycles. The van der Waals surface area contributed by atoms with Crippen LogP contribution in [0.5, 0.6) is 0 Å². The van der Waals surface area contributed by atoms with Crippen molar-refractivity contribution in [1.29, 1.82) is 0 Å². The van der Waals surface area contributed by atoms with Gasteiger partial charge in [0.1, 0.15) is 0 Å². The molecule has 1 heterocycles. The van der Waals surface area contributed by atoms with Gasteiger partial charge in [0.2, 0.25) is 11.8 Å². The molecular weight excluding hydrogens is 320 g/mol. The number of rotatable bonds is 5. The maximum absolute atomic E-state index is 5.91. The minimum Gasteiger partial charge on any atom is -0.416 e. The second-order valence-electron chi connectivity index (χ2n) is 8.14. The minimum absolute atomic E-state index is 0.136. The van der Waals surface area contributed by atoms with Gasteiger partial charge in [0, 0.05) is 11.1 Å². The molecule has 0 unspecified atom stereocenters. The van der Waals surface area contributed by atoms with Crippen molar-refractivity contribution in [2.75, 3.05) is 0 Å². The lowest BCUT2D eigenvalue weighted by Gasteiger charge is -2.29. The summed E-state index contributed by atoms with van der Waals surface area (Å²) in [6.07, 6.45) is 0. The highest BCUT2D eigenvalue weighted by atomic mass is 16.4. The molecule has 0 aliphatic heterocycles. The molecule has 0 bridgehead atoms. The van der Waals surface area contributed by atoms with E-state index in [-0.39, 0.29) is 5.41 Å². The van der Waals surface area contributed by atoms with Gasteiger partial charge in [-0.25, -0.2) is 0 Å². The summed E-state index contributed by atoms with van der Waals surface area (Å²) in [5.74, 6) is 2.19. The molecule has 0 atom stereocenters. The molecule has 0 amide bonds. The van der Waals surface area contributed by atoms with Crippen LogP contribution in [0.4, 0.5) is 0 Å². The molecule has 26 heavy (non-hydrogen) atoms. The van der Waals surface area contributed by atoms with Crippen LogP contribution in [0.3, 0.4) is 0 Å². The molecule has 0 spiro atoms. The highest BCUT2D eigenvalue weighted by molar-refractivity contribution is 5.58. The third kappa shape index (κ3) is 3.57. The topological polar surface area (TPSA) is 38.9 Å². The van der Waals surface area contributed by atoms with Crippen LogP contribution in [0.25, 0.3) is 22.9 Å². The molecule has 0 aliphatic rings. The van der Waals surface area contributed by atoms with Crippen molar-refractivity contribution in [2.24, 2.45) is 5.92 Å². The van der Waals surface area contributed by atoms with Crippen molar-refractivity contribution < 1.29 is 4.42 Å². The summed E-state index contributed by atoms with van der Waals surface area (Å²) in [5, 5.41) is 8.45. The molecule has 0 N–H and O–H groups in total. The molecule has 3 aromatic rings. The first-order valence-electron chi connectivity index (χ1n) is 9.33. The molecule has 136 valence electrons. The van der Waals surface area contributed by atoms with Gasteiger partial charge < -0.3 is 4.42 Å². The number of benzene rings is 2. The zero-order chi connectivity index (χ0) is 18.9. The van der Waals surface area contributed by atoms with Crippen LogP contribution in [-0.4, -0.2) is 10.2 Å². The van der Waals surface area contributed by atoms with Crippen molar-refractivity contribution in [3.8, 4) is 22.9 Å². The monoisotopic (exact) mass is 348 g/mol. The molecule has 3 heteroatoms. The Morgan fingerprint density at radius 3 is 1.62 bits per heavy atom. The molecule has 0 aliphatic carbocycles. The van der Waals surface area contributed by atoms with E-state index in [1.165, 1.54) is 11.1 Å². The van der Waals surface area contributed by atoms with Crippen molar-refractivity contribution >= 4 is 0 Å². The van der Waals surface area contributed by atoms with Gasteiger partial charge in [-0.2, -0.15) is 0 Å². The largest absolute Gasteiger partial charge is 0.416 e. The summed E-state index contributed by atoms with van der Waals surface area (Å²) in [6.45, 7) is 13.4. The van der Waals surface area contributed by atoms with Gasteiger partial charge in [-0.1, -0.05) is 65.8 Å². The van der Waals surface area contributed by atoms with Crippen LogP contribution in [0, 0.1) is 5.92 Å². The molecule has 3 nitrogen and oxygen atoms in total. The molecule has 0 radical (unpaired) electrons. The zero-order valence-electron chi connectivity index (χ0n) is 16.6. The van der Waals surface area contributed by atoms with E-state index in [1.54, 1.807) is 0 Å². The van der Waals surface area contributed by atoms with Crippen LogP contribution in [-0.2, 0) is 5.41 Å². The van der Waals surface area contributed by atoms with Gasteiger partial charge in [0.15, 0.2) is 0 Å². The first-order valence-corrected chi connectivity index (χ1v) is 9.33. The fraction of sp³-hybridized carbons (Fsp3) is 0.391. The summed E-state index contributed by atoms with van der Waals surface area (Å²) in [5.41, 5.74) is 4.66. The van der Waals surface area contributed by atoms with Crippen LogP contribution in [0.2, 0.25) is 0 Å². The first-order chi connectivity index (χ1) is 12.3. The maximum atomic E-state index is 5.91. The fourth-order valence-corrected chi connectivity index (χ4v) is 2.84. The summed E-state index contributed by atoms with van der Waals surface area (Å²) in [6, 6.07) is 16.8. The standard InChI is InChI=1S/C23H28N2O/c1-15(2)17-7-9-18(10-8-17)21-24-25-22(26-21)19-11-13-20(14-12-19)23(5,6)16(3)4/h7-16H,1-6H3. The molecule has 2 aromatic carbocycles. The van der Waals surface area contributed by atoms with Crippen LogP contribution < -0.4 is 0 Å². The van der Waals surface area contributed by atoms with Gasteiger partial charge in [0.05, 0.1) is 0 Å². The summed E-state index contributed by atoms with van der Waals surface area (Å²) in [7, 11) is 0. The van der Waals surface area contributed by atoms with E-state index in [1.807, 2.05) is 12.1 Å². The zero-order valence-corrected chi connectivity index (χ0v) is 16.6. The Kier molecular flexibility index (Phi) is 4.99. The maximum Gasteiger partial charge on any atom is 0.248 e. The third-order valence-corrected chi connectivity index (χ3v) is 5.57. The summed E-state index contributed by atoms with van der Waals surface area (Å²) in [4.78, 5) is 0. The lowest BCUT2D eigenvalue weighted by Crippen LogP contribution is -2.24. The SMILES string of the molecule is CC(C)c1ccc(-c2nnc(-c3ccc(C(C)(C)C(C)C)cc3)o2)cc1. The van der Waals surface area contributed by atoms with E-state index in [0.717, 1.165) is 11.1 Å². The number of hydrogen-bond acceptors (Lipinski definition) is 3.